The Balaban J connectivity index is 2.46. The van der Waals surface area contributed by atoms with E-state index in [1.54, 1.807) is 6.92 Å². The largest absolute Gasteiger partial charge is 0.493 e. The normalized spacial score (nSPS) is 10.4. The molecule has 1 aromatic heterocycles. The molecule has 0 fully saturated rings. The van der Waals surface area contributed by atoms with E-state index in [9.17, 15) is 14.3 Å². The Morgan fingerprint density at radius 3 is 2.67 bits per heavy atom. The molecule has 0 saturated carbocycles. The Kier molecular flexibility index (Phi) is 3.01. The number of rotatable bonds is 2. The van der Waals surface area contributed by atoms with Crippen molar-refractivity contribution in [3.05, 3.63) is 41.3 Å². The van der Waals surface area contributed by atoms with Crippen molar-refractivity contribution in [2.45, 2.75) is 6.92 Å². The molecule has 0 saturated heterocycles. The molecule has 0 unspecified atom stereocenters. The number of hydrogen-bond acceptors (Lipinski definition) is 4. The molecule has 0 amide bonds. The minimum absolute atomic E-state index is 0.0993. The van der Waals surface area contributed by atoms with Crippen LogP contribution < -0.4 is 0 Å². The quantitative estimate of drug-likeness (QED) is 0.825. The number of benzene rings is 1. The number of halogens is 1. The number of ether oxygens (including phenoxy) is 1. The summed E-state index contributed by atoms with van der Waals surface area (Å²) in [5.74, 6) is -1.58. The fourth-order valence-electron chi connectivity index (χ4n) is 1.59. The summed E-state index contributed by atoms with van der Waals surface area (Å²) in [6.45, 7) is 1.70. The minimum Gasteiger partial charge on any atom is -0.493 e. The van der Waals surface area contributed by atoms with Gasteiger partial charge in [0.2, 0.25) is 5.88 Å². The van der Waals surface area contributed by atoms with Gasteiger partial charge in [-0.2, -0.15) is 5.10 Å². The van der Waals surface area contributed by atoms with Gasteiger partial charge in [-0.1, -0.05) is 0 Å². The molecule has 94 valence electrons. The topological polar surface area (TPSA) is 64.4 Å². The van der Waals surface area contributed by atoms with Gasteiger partial charge in [-0.15, -0.1) is 0 Å². The fourth-order valence-corrected chi connectivity index (χ4v) is 1.59. The number of esters is 1. The number of carbonyl (C=O) groups is 1. The molecule has 0 aliphatic rings. The van der Waals surface area contributed by atoms with E-state index in [2.05, 4.69) is 9.84 Å². The van der Waals surface area contributed by atoms with Crippen molar-refractivity contribution < 1.29 is 19.0 Å². The first-order valence-electron chi connectivity index (χ1n) is 5.17. The van der Waals surface area contributed by atoms with Gasteiger partial charge in [0.15, 0.2) is 0 Å². The van der Waals surface area contributed by atoms with Crippen molar-refractivity contribution in [1.82, 2.24) is 9.78 Å². The van der Waals surface area contributed by atoms with Gasteiger partial charge in [-0.3, -0.25) is 0 Å². The third-order valence-electron chi connectivity index (χ3n) is 2.42. The second-order valence-electron chi connectivity index (χ2n) is 3.71. The summed E-state index contributed by atoms with van der Waals surface area (Å²) in [6, 6.07) is 5.32. The highest BCUT2D eigenvalue weighted by molar-refractivity contribution is 5.89. The van der Waals surface area contributed by atoms with Gasteiger partial charge in [0.1, 0.15) is 5.82 Å². The number of aromatic nitrogens is 2. The molecule has 18 heavy (non-hydrogen) atoms. The van der Waals surface area contributed by atoms with E-state index in [0.29, 0.717) is 11.4 Å². The summed E-state index contributed by atoms with van der Waals surface area (Å²) in [5, 5.41) is 13.6. The van der Waals surface area contributed by atoms with Crippen LogP contribution in [-0.2, 0) is 4.74 Å². The molecule has 0 atom stereocenters. The molecular formula is C12H11FN2O3. The van der Waals surface area contributed by atoms with Crippen LogP contribution in [0, 0.1) is 12.7 Å². The first-order valence-corrected chi connectivity index (χ1v) is 5.17. The number of nitrogens with zero attached hydrogens (tertiary/aromatic N) is 2. The lowest BCUT2D eigenvalue weighted by atomic mass is 10.2. The third-order valence-corrected chi connectivity index (χ3v) is 2.42. The molecule has 5 nitrogen and oxygen atoms in total. The maximum atomic E-state index is 13.7. The minimum atomic E-state index is -0.750. The van der Waals surface area contributed by atoms with Crippen LogP contribution in [0.2, 0.25) is 0 Å². The van der Waals surface area contributed by atoms with E-state index >= 15 is 0 Å². The summed E-state index contributed by atoms with van der Waals surface area (Å²) in [4.78, 5) is 11.2. The summed E-state index contributed by atoms with van der Waals surface area (Å²) >= 11 is 0. The Bertz CT molecular complexity index is 607. The number of methoxy groups -OCH3 is 1. The molecule has 0 radical (unpaired) electrons. The lowest BCUT2D eigenvalue weighted by molar-refractivity contribution is 0.0595. The summed E-state index contributed by atoms with van der Waals surface area (Å²) in [7, 11) is 1.18. The van der Waals surface area contributed by atoms with Crippen molar-refractivity contribution in [2.75, 3.05) is 7.11 Å². The van der Waals surface area contributed by atoms with E-state index < -0.39 is 11.8 Å². The maximum absolute atomic E-state index is 13.7. The summed E-state index contributed by atoms with van der Waals surface area (Å²) in [6.07, 6.45) is 0. The van der Waals surface area contributed by atoms with Crippen molar-refractivity contribution in [3.63, 3.8) is 0 Å². The van der Waals surface area contributed by atoms with Crippen LogP contribution in [0.5, 0.6) is 5.88 Å². The zero-order valence-electron chi connectivity index (χ0n) is 9.85. The second kappa shape index (κ2) is 4.48. The Labute approximate surface area is 102 Å². The molecule has 2 rings (SSSR count). The molecule has 0 aliphatic carbocycles. The predicted octanol–water partition coefficient (Wildman–Crippen LogP) is 1.81. The highest BCUT2D eigenvalue weighted by Gasteiger charge is 2.14. The molecular weight excluding hydrogens is 239 g/mol. The highest BCUT2D eigenvalue weighted by Crippen LogP contribution is 2.20. The van der Waals surface area contributed by atoms with Crippen LogP contribution in [0.25, 0.3) is 5.69 Å². The number of aryl methyl sites for hydroxylation is 1. The van der Waals surface area contributed by atoms with Gasteiger partial charge in [0, 0.05) is 12.1 Å². The van der Waals surface area contributed by atoms with Crippen molar-refractivity contribution >= 4 is 5.97 Å². The first-order chi connectivity index (χ1) is 8.52. The molecule has 2 aromatic rings. The lowest BCUT2D eigenvalue weighted by Gasteiger charge is -2.05. The molecule has 1 N–H and O–H groups in total. The van der Waals surface area contributed by atoms with Gasteiger partial charge < -0.3 is 9.84 Å². The smallest absolute Gasteiger partial charge is 0.340 e. The molecule has 1 aromatic carbocycles. The van der Waals surface area contributed by atoms with Gasteiger partial charge in [-0.05, 0) is 19.1 Å². The Morgan fingerprint density at radius 1 is 1.44 bits per heavy atom. The SMILES string of the molecule is COC(=O)c1ccc(-n2nc(C)cc2O)cc1F. The van der Waals surface area contributed by atoms with Crippen LogP contribution in [-0.4, -0.2) is 28.0 Å². The second-order valence-corrected chi connectivity index (χ2v) is 3.71. The van der Waals surface area contributed by atoms with E-state index in [1.807, 2.05) is 0 Å². The maximum Gasteiger partial charge on any atom is 0.340 e. The molecule has 0 bridgehead atoms. The predicted molar refractivity (Wildman–Crippen MR) is 61.3 cm³/mol. The summed E-state index contributed by atoms with van der Waals surface area (Å²) in [5.41, 5.74) is 0.764. The summed E-state index contributed by atoms with van der Waals surface area (Å²) < 4.78 is 19.3. The fraction of sp³-hybridized carbons (Fsp3) is 0.167. The Hall–Kier alpha value is -2.37. The molecule has 0 spiro atoms. The van der Waals surface area contributed by atoms with Crippen LogP contribution in [0.3, 0.4) is 0 Å². The van der Waals surface area contributed by atoms with Gasteiger partial charge in [-0.25, -0.2) is 13.9 Å². The number of carbonyl (C=O) groups excluding carboxylic acids is 1. The van der Waals surface area contributed by atoms with Crippen molar-refractivity contribution in [2.24, 2.45) is 0 Å². The zero-order valence-corrected chi connectivity index (χ0v) is 9.85. The standard InChI is InChI=1S/C12H11FN2O3/c1-7-5-11(16)15(14-7)8-3-4-9(10(13)6-8)12(17)18-2/h3-6,16H,1-2H3. The van der Waals surface area contributed by atoms with E-state index in [-0.39, 0.29) is 11.4 Å². The Morgan fingerprint density at radius 2 is 2.17 bits per heavy atom. The zero-order chi connectivity index (χ0) is 13.3. The van der Waals surface area contributed by atoms with Gasteiger partial charge in [0.25, 0.3) is 0 Å². The monoisotopic (exact) mass is 250 g/mol. The number of hydrogen-bond donors (Lipinski definition) is 1. The van der Waals surface area contributed by atoms with Crippen LogP contribution in [0.1, 0.15) is 16.1 Å². The van der Waals surface area contributed by atoms with E-state index in [1.165, 1.54) is 30.0 Å². The average molecular weight is 250 g/mol. The molecule has 6 heteroatoms. The first kappa shape index (κ1) is 12.1. The lowest BCUT2D eigenvalue weighted by Crippen LogP contribution is -2.06. The highest BCUT2D eigenvalue weighted by atomic mass is 19.1. The van der Waals surface area contributed by atoms with E-state index in [4.69, 9.17) is 0 Å². The van der Waals surface area contributed by atoms with Gasteiger partial charge in [0.05, 0.1) is 24.1 Å². The van der Waals surface area contributed by atoms with Crippen LogP contribution in [0.15, 0.2) is 24.3 Å². The van der Waals surface area contributed by atoms with E-state index in [0.717, 1.165) is 6.07 Å². The van der Waals surface area contributed by atoms with Gasteiger partial charge >= 0.3 is 5.97 Å². The average Bonchev–Trinajstić information content (AvgIpc) is 2.67. The van der Waals surface area contributed by atoms with Crippen LogP contribution in [0.4, 0.5) is 4.39 Å². The van der Waals surface area contributed by atoms with Crippen molar-refractivity contribution in [3.8, 4) is 11.6 Å². The number of aromatic hydroxyl groups is 1. The third kappa shape index (κ3) is 2.04. The van der Waals surface area contributed by atoms with Crippen molar-refractivity contribution in [1.29, 1.82) is 0 Å². The van der Waals surface area contributed by atoms with Crippen LogP contribution >= 0.6 is 0 Å². The molecule has 0 aliphatic heterocycles. The molecule has 1 heterocycles.